The summed E-state index contributed by atoms with van der Waals surface area (Å²) in [4.78, 5) is 58.7. The quantitative estimate of drug-likeness (QED) is 0.373. The van der Waals surface area contributed by atoms with Gasteiger partial charge in [0.2, 0.25) is 5.91 Å². The van der Waals surface area contributed by atoms with Crippen molar-refractivity contribution >= 4 is 46.9 Å². The molecule has 2 aromatic carbocycles. The lowest BCUT2D eigenvalue weighted by Gasteiger charge is -2.09. The van der Waals surface area contributed by atoms with E-state index in [2.05, 4.69) is 20.9 Å². The summed E-state index contributed by atoms with van der Waals surface area (Å²) in [5, 5.41) is 2.86. The van der Waals surface area contributed by atoms with Crippen LogP contribution in [-0.4, -0.2) is 43.4 Å². The molecule has 3 N–H and O–H groups in total. The molecule has 0 saturated carbocycles. The first-order valence-electron chi connectivity index (χ1n) is 9.77. The van der Waals surface area contributed by atoms with Crippen LogP contribution in [0.5, 0.6) is 0 Å². The molecule has 3 amide bonds. The third-order valence-corrected chi connectivity index (χ3v) is 4.50. The van der Waals surface area contributed by atoms with E-state index in [0.29, 0.717) is 11.3 Å². The predicted octanol–water partition coefficient (Wildman–Crippen LogP) is 2.24. The highest BCUT2D eigenvalue weighted by Crippen LogP contribution is 2.14. The Morgan fingerprint density at radius 1 is 0.879 bits per heavy atom. The molecule has 0 radical (unpaired) electrons. The van der Waals surface area contributed by atoms with Gasteiger partial charge in [0.1, 0.15) is 0 Å². The summed E-state index contributed by atoms with van der Waals surface area (Å²) >= 11 is 5.89. The molecular weight excluding hydrogens is 454 g/mol. The van der Waals surface area contributed by atoms with Crippen molar-refractivity contribution < 1.29 is 33.4 Å². The molecule has 33 heavy (non-hydrogen) atoms. The summed E-state index contributed by atoms with van der Waals surface area (Å²) < 4.78 is 9.40. The Kier molecular flexibility index (Phi) is 9.84. The maximum atomic E-state index is 12.0. The predicted molar refractivity (Wildman–Crippen MR) is 118 cm³/mol. The summed E-state index contributed by atoms with van der Waals surface area (Å²) in [5.74, 6) is -2.84. The smallest absolute Gasteiger partial charge is 0.337 e. The molecule has 11 heteroatoms. The second kappa shape index (κ2) is 12.8. The van der Waals surface area contributed by atoms with Crippen LogP contribution in [0.2, 0.25) is 5.02 Å². The van der Waals surface area contributed by atoms with Crippen LogP contribution in [-0.2, 0) is 23.9 Å². The van der Waals surface area contributed by atoms with E-state index < -0.39 is 30.4 Å². The lowest BCUT2D eigenvalue weighted by atomic mass is 10.2. The maximum Gasteiger partial charge on any atom is 0.337 e. The molecule has 0 aliphatic rings. The monoisotopic (exact) mass is 475 g/mol. The lowest BCUT2D eigenvalue weighted by Crippen LogP contribution is -2.43. The van der Waals surface area contributed by atoms with Gasteiger partial charge in [0.05, 0.1) is 23.3 Å². The highest BCUT2D eigenvalue weighted by atomic mass is 35.5. The van der Waals surface area contributed by atoms with Crippen LogP contribution in [0.25, 0.3) is 0 Å². The molecule has 0 aromatic heterocycles. The summed E-state index contributed by atoms with van der Waals surface area (Å²) in [7, 11) is 1.27. The fraction of sp³-hybridized carbons (Fsp3) is 0.227. The van der Waals surface area contributed by atoms with Gasteiger partial charge in [0.15, 0.2) is 6.61 Å². The number of amides is 3. The minimum Gasteiger partial charge on any atom is -0.465 e. The Hall–Kier alpha value is -3.92. The van der Waals surface area contributed by atoms with Crippen LogP contribution >= 0.6 is 11.6 Å². The van der Waals surface area contributed by atoms with Gasteiger partial charge in [-0.25, -0.2) is 4.79 Å². The van der Waals surface area contributed by atoms with Crippen molar-refractivity contribution in [2.24, 2.45) is 0 Å². The van der Waals surface area contributed by atoms with Crippen LogP contribution in [0.3, 0.4) is 0 Å². The van der Waals surface area contributed by atoms with Crippen molar-refractivity contribution in [1.29, 1.82) is 0 Å². The van der Waals surface area contributed by atoms with E-state index in [4.69, 9.17) is 16.3 Å². The first kappa shape index (κ1) is 25.3. The Bertz CT molecular complexity index is 1020. The van der Waals surface area contributed by atoms with E-state index in [0.717, 1.165) is 0 Å². The van der Waals surface area contributed by atoms with E-state index in [1.54, 1.807) is 24.3 Å². The molecule has 0 spiro atoms. The van der Waals surface area contributed by atoms with Gasteiger partial charge in [-0.3, -0.25) is 30.0 Å². The number of hydrogen-bond donors (Lipinski definition) is 3. The van der Waals surface area contributed by atoms with E-state index in [1.165, 1.54) is 31.4 Å². The second-order valence-corrected chi connectivity index (χ2v) is 7.02. The van der Waals surface area contributed by atoms with Gasteiger partial charge in [-0.1, -0.05) is 23.7 Å². The first-order chi connectivity index (χ1) is 15.8. The average molecular weight is 476 g/mol. The number of hydrogen-bond acceptors (Lipinski definition) is 7. The molecule has 0 atom stereocenters. The zero-order chi connectivity index (χ0) is 24.2. The van der Waals surface area contributed by atoms with Gasteiger partial charge in [-0.2, -0.15) is 0 Å². The number of nitrogens with one attached hydrogen (secondary N) is 3. The number of esters is 2. The Morgan fingerprint density at radius 2 is 1.58 bits per heavy atom. The van der Waals surface area contributed by atoms with Gasteiger partial charge >= 0.3 is 11.9 Å². The molecule has 0 fully saturated rings. The first-order valence-corrected chi connectivity index (χ1v) is 10.2. The number of halogens is 1. The van der Waals surface area contributed by atoms with Crippen molar-refractivity contribution in [3.8, 4) is 0 Å². The van der Waals surface area contributed by atoms with Crippen LogP contribution in [0, 0.1) is 0 Å². The highest BCUT2D eigenvalue weighted by molar-refractivity contribution is 6.33. The van der Waals surface area contributed by atoms with Gasteiger partial charge in [0.25, 0.3) is 11.8 Å². The number of carbonyl (C=O) groups is 5. The van der Waals surface area contributed by atoms with Crippen molar-refractivity contribution in [1.82, 2.24) is 10.9 Å². The van der Waals surface area contributed by atoms with Gasteiger partial charge < -0.3 is 14.8 Å². The van der Waals surface area contributed by atoms with E-state index in [-0.39, 0.29) is 35.8 Å². The second-order valence-electron chi connectivity index (χ2n) is 6.61. The number of carbonyl (C=O) groups excluding carboxylic acids is 5. The van der Waals surface area contributed by atoms with E-state index in [9.17, 15) is 24.0 Å². The van der Waals surface area contributed by atoms with Crippen molar-refractivity contribution in [3.63, 3.8) is 0 Å². The SMILES string of the molecule is COC(=O)c1ccc(NC(=O)CCCC(=O)OCC(=O)NNC(=O)c2ccccc2Cl)cc1. The molecule has 0 aliphatic heterocycles. The molecule has 0 aliphatic carbocycles. The number of anilines is 1. The molecule has 0 heterocycles. The summed E-state index contributed by atoms with van der Waals surface area (Å²) in [5.41, 5.74) is 5.30. The molecular formula is C22H22ClN3O7. The largest absolute Gasteiger partial charge is 0.465 e. The maximum absolute atomic E-state index is 12.0. The fourth-order valence-corrected chi connectivity index (χ4v) is 2.74. The van der Waals surface area contributed by atoms with Crippen molar-refractivity contribution in [3.05, 3.63) is 64.7 Å². The van der Waals surface area contributed by atoms with Crippen LogP contribution in [0.15, 0.2) is 48.5 Å². The van der Waals surface area contributed by atoms with Crippen LogP contribution in [0.1, 0.15) is 40.0 Å². The Morgan fingerprint density at radius 3 is 2.24 bits per heavy atom. The highest BCUT2D eigenvalue weighted by Gasteiger charge is 2.13. The zero-order valence-corrected chi connectivity index (χ0v) is 18.4. The van der Waals surface area contributed by atoms with Gasteiger partial charge in [0, 0.05) is 18.5 Å². The Labute approximate surface area is 194 Å². The topological polar surface area (TPSA) is 140 Å². The standard InChI is InChI=1S/C22H22ClN3O7/c1-32-22(31)14-9-11-15(12-10-14)24-18(27)7-4-8-20(29)33-13-19(28)25-26-21(30)16-5-2-3-6-17(16)23/h2-3,5-6,9-12H,4,7-8,13H2,1H3,(H,24,27)(H,25,28)(H,26,30). The van der Waals surface area contributed by atoms with Crippen molar-refractivity contribution in [2.45, 2.75) is 19.3 Å². The minimum atomic E-state index is -0.739. The number of benzene rings is 2. The summed E-state index contributed by atoms with van der Waals surface area (Å²) in [6, 6.07) is 12.4. The number of ether oxygens (including phenoxy) is 2. The molecule has 2 aromatic rings. The zero-order valence-electron chi connectivity index (χ0n) is 17.7. The number of hydrazine groups is 1. The third kappa shape index (κ3) is 8.62. The number of methoxy groups -OCH3 is 1. The lowest BCUT2D eigenvalue weighted by molar-refractivity contribution is -0.148. The van der Waals surface area contributed by atoms with E-state index in [1.807, 2.05) is 0 Å². The number of rotatable bonds is 9. The summed E-state index contributed by atoms with van der Waals surface area (Å²) in [6.45, 7) is -0.597. The molecule has 2 rings (SSSR count). The average Bonchev–Trinajstić information content (AvgIpc) is 2.81. The minimum absolute atomic E-state index is 0.0495. The molecule has 0 saturated heterocycles. The molecule has 10 nitrogen and oxygen atoms in total. The molecule has 0 unspecified atom stereocenters. The van der Waals surface area contributed by atoms with Gasteiger partial charge in [-0.05, 0) is 42.8 Å². The molecule has 174 valence electrons. The third-order valence-electron chi connectivity index (χ3n) is 4.17. The van der Waals surface area contributed by atoms with E-state index >= 15 is 0 Å². The van der Waals surface area contributed by atoms with Crippen LogP contribution < -0.4 is 16.2 Å². The Balaban J connectivity index is 1.62. The fourth-order valence-electron chi connectivity index (χ4n) is 2.52. The van der Waals surface area contributed by atoms with Crippen molar-refractivity contribution in [2.75, 3.05) is 19.0 Å². The summed E-state index contributed by atoms with van der Waals surface area (Å²) in [6.07, 6.45) is 0.178. The van der Waals surface area contributed by atoms with Gasteiger partial charge in [-0.15, -0.1) is 0 Å². The van der Waals surface area contributed by atoms with Crippen LogP contribution in [0.4, 0.5) is 5.69 Å². The normalized spacial score (nSPS) is 10.0. The molecule has 0 bridgehead atoms.